The number of nitro benzene ring substituents is 2. The predicted molar refractivity (Wildman–Crippen MR) is 103 cm³/mol. The van der Waals surface area contributed by atoms with Crippen molar-refractivity contribution in [2.24, 2.45) is 5.10 Å². The normalized spacial score (nSPS) is 11.6. The van der Waals surface area contributed by atoms with Crippen LogP contribution in [0.4, 0.5) is 21.5 Å². The van der Waals surface area contributed by atoms with Crippen LogP contribution in [0, 0.1) is 26.0 Å². The Labute approximate surface area is 159 Å². The number of rotatable bonds is 8. The molecule has 0 heterocycles. The summed E-state index contributed by atoms with van der Waals surface area (Å²) in [5.41, 5.74) is 2.38. The number of hydrazone groups is 1. The summed E-state index contributed by atoms with van der Waals surface area (Å²) >= 11 is 0. The Kier molecular flexibility index (Phi) is 6.74. The van der Waals surface area contributed by atoms with E-state index in [0.29, 0.717) is 18.6 Å². The number of hydrogen-bond acceptors (Lipinski definition) is 7. The maximum atomic E-state index is 13.3. The Balaban J connectivity index is 2.30. The van der Waals surface area contributed by atoms with Gasteiger partial charge in [0.15, 0.2) is 0 Å². The zero-order valence-electron chi connectivity index (χ0n) is 14.8. The Morgan fingerprint density at radius 1 is 1.21 bits per heavy atom. The number of aromatic hydroxyl groups is 1. The van der Waals surface area contributed by atoms with E-state index in [1.54, 1.807) is 6.08 Å². The number of nitrogens with one attached hydrogen (secondary N) is 1. The Morgan fingerprint density at radius 2 is 1.96 bits per heavy atom. The first-order valence-corrected chi connectivity index (χ1v) is 8.23. The third-order valence-electron chi connectivity index (χ3n) is 3.66. The minimum atomic E-state index is -0.745. The molecule has 2 N–H and O–H groups in total. The number of nitro groups is 2. The maximum Gasteiger partial charge on any atom is 0.301 e. The molecule has 0 spiro atoms. The number of anilines is 1. The Morgan fingerprint density at radius 3 is 2.61 bits per heavy atom. The lowest BCUT2D eigenvalue weighted by molar-refractivity contribution is -0.393. The van der Waals surface area contributed by atoms with Gasteiger partial charge in [-0.2, -0.15) is 5.10 Å². The van der Waals surface area contributed by atoms with E-state index >= 15 is 0 Å². The van der Waals surface area contributed by atoms with E-state index in [0.717, 1.165) is 24.3 Å². The van der Waals surface area contributed by atoms with Gasteiger partial charge in [0, 0.05) is 11.6 Å². The lowest BCUT2D eigenvalue weighted by Gasteiger charge is -2.05. The van der Waals surface area contributed by atoms with Crippen LogP contribution in [0.1, 0.15) is 25.3 Å². The molecule has 2 aromatic carbocycles. The minimum absolute atomic E-state index is 0.00814. The molecule has 2 rings (SSSR count). The smallest absolute Gasteiger partial charge is 0.301 e. The molecule has 0 aliphatic heterocycles. The summed E-state index contributed by atoms with van der Waals surface area (Å²) in [5.74, 6) is -0.612. The second-order valence-corrected chi connectivity index (χ2v) is 5.72. The van der Waals surface area contributed by atoms with E-state index in [-0.39, 0.29) is 17.0 Å². The number of halogens is 1. The van der Waals surface area contributed by atoms with Gasteiger partial charge in [0.25, 0.3) is 5.69 Å². The molecule has 0 amide bonds. The van der Waals surface area contributed by atoms with Crippen LogP contribution in [-0.4, -0.2) is 20.7 Å². The molecular formula is C18H17FN4O5. The number of phenolic OH excluding ortho intramolecular Hbond substituents is 1. The van der Waals surface area contributed by atoms with Gasteiger partial charge in [0.2, 0.25) is 0 Å². The van der Waals surface area contributed by atoms with Gasteiger partial charge >= 0.3 is 5.69 Å². The van der Waals surface area contributed by atoms with Crippen LogP contribution in [0.15, 0.2) is 47.6 Å². The van der Waals surface area contributed by atoms with Gasteiger partial charge in [-0.3, -0.25) is 25.7 Å². The third-order valence-corrected chi connectivity index (χ3v) is 3.66. The van der Waals surface area contributed by atoms with Crippen LogP contribution in [0.5, 0.6) is 5.75 Å². The number of allylic oxidation sites excluding steroid dienone is 1. The monoisotopic (exact) mass is 388 g/mol. The summed E-state index contributed by atoms with van der Waals surface area (Å²) in [6.07, 6.45) is 4.23. The number of non-ortho nitro benzene ring substituents is 1. The number of phenols is 1. The van der Waals surface area contributed by atoms with Crippen molar-refractivity contribution in [1.29, 1.82) is 0 Å². The van der Waals surface area contributed by atoms with Crippen molar-refractivity contribution in [2.45, 2.75) is 19.8 Å². The first-order valence-electron chi connectivity index (χ1n) is 8.23. The second kappa shape index (κ2) is 9.21. The fourth-order valence-corrected chi connectivity index (χ4v) is 2.29. The molecule has 0 atom stereocenters. The van der Waals surface area contributed by atoms with Gasteiger partial charge in [0.05, 0.1) is 21.6 Å². The average molecular weight is 388 g/mol. The van der Waals surface area contributed by atoms with Crippen LogP contribution >= 0.6 is 0 Å². The fourth-order valence-electron chi connectivity index (χ4n) is 2.29. The molecule has 9 nitrogen and oxygen atoms in total. The average Bonchev–Trinajstić information content (AvgIpc) is 2.66. The minimum Gasteiger partial charge on any atom is -0.507 e. The van der Waals surface area contributed by atoms with Gasteiger partial charge in [-0.25, -0.2) is 4.39 Å². The van der Waals surface area contributed by atoms with Crippen LogP contribution in [-0.2, 0) is 0 Å². The topological polar surface area (TPSA) is 131 Å². The highest BCUT2D eigenvalue weighted by molar-refractivity contribution is 5.99. The Bertz CT molecular complexity index is 959. The molecule has 0 saturated heterocycles. The van der Waals surface area contributed by atoms with E-state index in [1.165, 1.54) is 18.2 Å². The fraction of sp³-hybridized carbons (Fsp3) is 0.167. The molecule has 0 bridgehead atoms. The van der Waals surface area contributed by atoms with Crippen molar-refractivity contribution in [1.82, 2.24) is 0 Å². The third kappa shape index (κ3) is 5.34. The zero-order chi connectivity index (χ0) is 20.7. The molecule has 2 aromatic rings. The Hall–Kier alpha value is -3.82. The SMILES string of the molecule is CCCC(/C=C/c1cc(F)ccc1O)=N/Nc1ccc([N+](=O)[O-])cc1[N+](=O)[O-]. The molecule has 0 saturated carbocycles. The molecule has 0 unspecified atom stereocenters. The molecule has 0 radical (unpaired) electrons. The van der Waals surface area contributed by atoms with Crippen molar-refractivity contribution in [3.63, 3.8) is 0 Å². The molecule has 0 fully saturated rings. The number of benzene rings is 2. The van der Waals surface area contributed by atoms with Crippen LogP contribution in [0.2, 0.25) is 0 Å². The maximum absolute atomic E-state index is 13.3. The van der Waals surface area contributed by atoms with Crippen molar-refractivity contribution in [2.75, 3.05) is 5.43 Å². The summed E-state index contributed by atoms with van der Waals surface area (Å²) in [6, 6.07) is 6.69. The number of nitrogens with zero attached hydrogens (tertiary/aromatic N) is 3. The van der Waals surface area contributed by atoms with Gasteiger partial charge in [-0.05, 0) is 42.8 Å². The quantitative estimate of drug-likeness (QED) is 0.385. The first-order chi connectivity index (χ1) is 13.3. The van der Waals surface area contributed by atoms with Gasteiger partial charge < -0.3 is 5.11 Å². The lowest BCUT2D eigenvalue weighted by atomic mass is 10.1. The molecule has 28 heavy (non-hydrogen) atoms. The van der Waals surface area contributed by atoms with Crippen molar-refractivity contribution in [3.05, 3.63) is 74.1 Å². The van der Waals surface area contributed by atoms with Crippen LogP contribution < -0.4 is 5.43 Å². The second-order valence-electron chi connectivity index (χ2n) is 5.72. The van der Waals surface area contributed by atoms with Gasteiger partial charge in [-0.1, -0.05) is 13.3 Å². The summed E-state index contributed by atoms with van der Waals surface area (Å²) in [4.78, 5) is 20.5. The van der Waals surface area contributed by atoms with Gasteiger partial charge in [0.1, 0.15) is 17.3 Å². The van der Waals surface area contributed by atoms with Crippen molar-refractivity contribution in [3.8, 4) is 5.75 Å². The highest BCUT2D eigenvalue weighted by Gasteiger charge is 2.19. The van der Waals surface area contributed by atoms with E-state index in [4.69, 9.17) is 0 Å². The van der Waals surface area contributed by atoms with Gasteiger partial charge in [-0.15, -0.1) is 0 Å². The summed E-state index contributed by atoms with van der Waals surface area (Å²) in [6.45, 7) is 1.90. The van der Waals surface area contributed by atoms with Crippen LogP contribution in [0.3, 0.4) is 0 Å². The lowest BCUT2D eigenvalue weighted by Crippen LogP contribution is -2.02. The molecular weight excluding hydrogens is 371 g/mol. The summed E-state index contributed by atoms with van der Waals surface area (Å²) in [7, 11) is 0. The first kappa shape index (κ1) is 20.5. The highest BCUT2D eigenvalue weighted by Crippen LogP contribution is 2.29. The molecule has 0 aromatic heterocycles. The number of hydrogen-bond donors (Lipinski definition) is 2. The van der Waals surface area contributed by atoms with Crippen molar-refractivity contribution >= 4 is 28.8 Å². The molecule has 10 heteroatoms. The predicted octanol–water partition coefficient (Wildman–Crippen LogP) is 4.63. The van der Waals surface area contributed by atoms with E-state index in [9.17, 15) is 29.7 Å². The van der Waals surface area contributed by atoms with E-state index in [1.807, 2.05) is 6.92 Å². The highest BCUT2D eigenvalue weighted by atomic mass is 19.1. The zero-order valence-corrected chi connectivity index (χ0v) is 14.8. The molecule has 0 aliphatic carbocycles. The summed E-state index contributed by atoms with van der Waals surface area (Å²) < 4.78 is 13.3. The largest absolute Gasteiger partial charge is 0.507 e. The summed E-state index contributed by atoms with van der Waals surface area (Å²) in [5, 5.41) is 35.8. The van der Waals surface area contributed by atoms with Crippen LogP contribution in [0.25, 0.3) is 6.08 Å². The molecule has 146 valence electrons. The van der Waals surface area contributed by atoms with E-state index in [2.05, 4.69) is 10.5 Å². The standard InChI is InChI=1S/C18H17FN4O5/c1-2-3-14(6-4-12-10-13(19)5-9-18(12)24)20-21-16-8-7-15(22(25)26)11-17(16)23(27)28/h4-11,21,24H,2-3H2,1H3/b6-4+,20-14-. The molecule has 0 aliphatic rings. The van der Waals surface area contributed by atoms with E-state index < -0.39 is 27.0 Å². The van der Waals surface area contributed by atoms with Crippen molar-refractivity contribution < 1.29 is 19.3 Å².